The summed E-state index contributed by atoms with van der Waals surface area (Å²) in [6.07, 6.45) is 5.31. The highest BCUT2D eigenvalue weighted by Crippen LogP contribution is 2.25. The number of rotatable bonds is 7. The van der Waals surface area contributed by atoms with Gasteiger partial charge >= 0.3 is 5.97 Å². The Morgan fingerprint density at radius 3 is 2.31 bits per heavy atom. The number of hydrogen-bond donors (Lipinski definition) is 1. The fourth-order valence-corrected chi connectivity index (χ4v) is 5.44. The van der Waals surface area contributed by atoms with Gasteiger partial charge in [0.25, 0.3) is 0 Å². The third-order valence-corrected chi connectivity index (χ3v) is 7.69. The molecule has 0 aromatic heterocycles. The number of amides is 1. The van der Waals surface area contributed by atoms with Crippen molar-refractivity contribution in [2.45, 2.75) is 58.9 Å². The van der Waals surface area contributed by atoms with Gasteiger partial charge in [-0.3, -0.25) is 14.5 Å². The van der Waals surface area contributed by atoms with Crippen LogP contribution in [0, 0.1) is 12.8 Å². The minimum absolute atomic E-state index is 0.147. The van der Waals surface area contributed by atoms with E-state index in [9.17, 15) is 19.5 Å². The molecule has 6 nitrogen and oxygen atoms in total. The SMILES string of the molecule is CC(=O)N1CCC(CCC(=O)c2ccc3c(c2)CCN(Cc2ccc(C(=O)O)c(C)c2)CC3)CC1. The number of carboxylic acids is 1. The van der Waals surface area contributed by atoms with E-state index in [1.165, 1.54) is 11.1 Å². The number of hydrogen-bond acceptors (Lipinski definition) is 4. The van der Waals surface area contributed by atoms with Crippen LogP contribution in [0.1, 0.15) is 75.6 Å². The van der Waals surface area contributed by atoms with Crippen LogP contribution in [0.15, 0.2) is 36.4 Å². The summed E-state index contributed by atoms with van der Waals surface area (Å²) in [4.78, 5) is 40.0. The molecule has 0 atom stereocenters. The molecule has 0 unspecified atom stereocenters. The molecular weight excluding hydrogens is 440 g/mol. The lowest BCUT2D eigenvalue weighted by Gasteiger charge is -2.31. The fourth-order valence-electron chi connectivity index (χ4n) is 5.44. The van der Waals surface area contributed by atoms with Gasteiger partial charge in [-0.2, -0.15) is 0 Å². The Hall–Kier alpha value is -2.99. The van der Waals surface area contributed by atoms with E-state index in [2.05, 4.69) is 17.0 Å². The molecule has 1 amide bonds. The number of benzene rings is 2. The first-order valence-corrected chi connectivity index (χ1v) is 12.8. The average molecular weight is 477 g/mol. The highest BCUT2D eigenvalue weighted by atomic mass is 16.4. The van der Waals surface area contributed by atoms with Crippen LogP contribution in [-0.4, -0.2) is 58.7 Å². The summed E-state index contributed by atoms with van der Waals surface area (Å²) in [5.74, 6) is 0.00583. The third kappa shape index (κ3) is 6.37. The van der Waals surface area contributed by atoms with E-state index in [0.29, 0.717) is 17.9 Å². The lowest BCUT2D eigenvalue weighted by Crippen LogP contribution is -2.37. The second kappa shape index (κ2) is 11.2. The van der Waals surface area contributed by atoms with E-state index in [-0.39, 0.29) is 11.7 Å². The van der Waals surface area contributed by atoms with Gasteiger partial charge < -0.3 is 10.0 Å². The Morgan fingerprint density at radius 2 is 1.66 bits per heavy atom. The number of aryl methyl sites for hydroxylation is 1. The van der Waals surface area contributed by atoms with Crippen molar-refractivity contribution in [1.82, 2.24) is 9.80 Å². The van der Waals surface area contributed by atoms with E-state index < -0.39 is 5.97 Å². The summed E-state index contributed by atoms with van der Waals surface area (Å²) in [7, 11) is 0. The van der Waals surface area contributed by atoms with Gasteiger partial charge in [0.2, 0.25) is 5.91 Å². The van der Waals surface area contributed by atoms with Gasteiger partial charge in [0, 0.05) is 51.6 Å². The molecular formula is C29H36N2O4. The van der Waals surface area contributed by atoms with Gasteiger partial charge in [-0.15, -0.1) is 0 Å². The second-order valence-electron chi connectivity index (χ2n) is 10.1. The molecule has 186 valence electrons. The summed E-state index contributed by atoms with van der Waals surface area (Å²) < 4.78 is 0. The molecule has 1 saturated heterocycles. The quantitative estimate of drug-likeness (QED) is 0.595. The number of Topliss-reactive ketones (excluding diaryl/α,β-unsaturated/α-hetero) is 1. The molecule has 2 aliphatic heterocycles. The number of likely N-dealkylation sites (tertiary alicyclic amines) is 1. The van der Waals surface area contributed by atoms with Gasteiger partial charge in [0.05, 0.1) is 5.56 Å². The molecule has 2 heterocycles. The number of piperidine rings is 1. The minimum atomic E-state index is -0.886. The Bertz CT molecular complexity index is 1100. The maximum atomic E-state index is 12.9. The first-order valence-electron chi connectivity index (χ1n) is 12.8. The number of carbonyl (C=O) groups excluding carboxylic acids is 2. The minimum Gasteiger partial charge on any atom is -0.478 e. The molecule has 0 aliphatic carbocycles. The second-order valence-corrected chi connectivity index (χ2v) is 10.1. The van der Waals surface area contributed by atoms with Crippen molar-refractivity contribution >= 4 is 17.7 Å². The van der Waals surface area contributed by atoms with Crippen molar-refractivity contribution in [1.29, 1.82) is 0 Å². The number of carbonyl (C=O) groups is 3. The lowest BCUT2D eigenvalue weighted by molar-refractivity contribution is -0.130. The van der Waals surface area contributed by atoms with Gasteiger partial charge in [-0.05, 0) is 79.3 Å². The molecule has 0 saturated carbocycles. The van der Waals surface area contributed by atoms with Gasteiger partial charge in [-0.1, -0.05) is 24.3 Å². The summed E-state index contributed by atoms with van der Waals surface area (Å²) >= 11 is 0. The van der Waals surface area contributed by atoms with Crippen molar-refractivity contribution < 1.29 is 19.5 Å². The van der Waals surface area contributed by atoms with Crippen LogP contribution >= 0.6 is 0 Å². The molecule has 1 N–H and O–H groups in total. The van der Waals surface area contributed by atoms with Crippen molar-refractivity contribution in [2.24, 2.45) is 5.92 Å². The zero-order chi connectivity index (χ0) is 24.9. The monoisotopic (exact) mass is 476 g/mol. The Kier molecular flexibility index (Phi) is 8.01. The zero-order valence-electron chi connectivity index (χ0n) is 20.9. The molecule has 6 heteroatoms. The molecule has 2 aromatic carbocycles. The van der Waals surface area contributed by atoms with E-state index in [1.54, 1.807) is 13.0 Å². The molecule has 2 aromatic rings. The van der Waals surface area contributed by atoms with Crippen LogP contribution in [0.2, 0.25) is 0 Å². The van der Waals surface area contributed by atoms with Gasteiger partial charge in [-0.25, -0.2) is 4.79 Å². The standard InChI is InChI=1S/C29H36N2O4/c1-20-17-23(3-7-27(20)29(34)35)19-30-13-11-24-5-6-26(18-25(24)12-14-30)28(33)8-4-22-9-15-31(16-10-22)21(2)32/h3,5-7,17-18,22H,4,8-16,19H2,1-2H3,(H,34,35). The van der Waals surface area contributed by atoms with Crippen LogP contribution in [-0.2, 0) is 24.2 Å². The first kappa shape index (κ1) is 25.1. The van der Waals surface area contributed by atoms with Crippen LogP contribution in [0.4, 0.5) is 0 Å². The van der Waals surface area contributed by atoms with Crippen molar-refractivity contribution in [2.75, 3.05) is 26.2 Å². The van der Waals surface area contributed by atoms with Gasteiger partial charge in [0.1, 0.15) is 0 Å². The van der Waals surface area contributed by atoms with E-state index in [1.807, 2.05) is 30.0 Å². The molecule has 1 fully saturated rings. The summed E-state index contributed by atoms with van der Waals surface area (Å²) in [6, 6.07) is 11.8. The van der Waals surface area contributed by atoms with E-state index in [0.717, 1.165) is 81.5 Å². The predicted octanol–water partition coefficient (Wildman–Crippen LogP) is 4.52. The maximum Gasteiger partial charge on any atom is 0.335 e. The van der Waals surface area contributed by atoms with E-state index in [4.69, 9.17) is 0 Å². The maximum absolute atomic E-state index is 12.9. The largest absolute Gasteiger partial charge is 0.478 e. The Labute approximate surface area is 207 Å². The molecule has 0 bridgehead atoms. The van der Waals surface area contributed by atoms with Crippen molar-refractivity contribution in [3.8, 4) is 0 Å². The number of fused-ring (bicyclic) bond motifs is 1. The summed E-state index contributed by atoms with van der Waals surface area (Å²) in [5.41, 5.74) is 5.68. The summed E-state index contributed by atoms with van der Waals surface area (Å²) in [6.45, 7) is 7.75. The molecule has 35 heavy (non-hydrogen) atoms. The lowest BCUT2D eigenvalue weighted by atomic mass is 9.89. The highest BCUT2D eigenvalue weighted by Gasteiger charge is 2.22. The van der Waals surface area contributed by atoms with Gasteiger partial charge in [0.15, 0.2) is 5.78 Å². The topological polar surface area (TPSA) is 77.9 Å². The number of aromatic carboxylic acids is 1. The van der Waals surface area contributed by atoms with Crippen LogP contribution in [0.5, 0.6) is 0 Å². The fraction of sp³-hybridized carbons (Fsp3) is 0.483. The molecule has 2 aliphatic rings. The van der Waals surface area contributed by atoms with Crippen LogP contribution in [0.25, 0.3) is 0 Å². The number of carboxylic acid groups (broad SMARTS) is 1. The predicted molar refractivity (Wildman–Crippen MR) is 136 cm³/mol. The molecule has 0 spiro atoms. The Morgan fingerprint density at radius 1 is 0.943 bits per heavy atom. The smallest absolute Gasteiger partial charge is 0.335 e. The number of nitrogens with zero attached hydrogens (tertiary/aromatic N) is 2. The van der Waals surface area contributed by atoms with E-state index >= 15 is 0 Å². The zero-order valence-corrected chi connectivity index (χ0v) is 20.9. The van der Waals surface area contributed by atoms with Crippen LogP contribution < -0.4 is 0 Å². The number of ketones is 1. The Balaban J connectivity index is 1.31. The third-order valence-electron chi connectivity index (χ3n) is 7.69. The van der Waals surface area contributed by atoms with Crippen LogP contribution in [0.3, 0.4) is 0 Å². The molecule has 4 rings (SSSR count). The highest BCUT2D eigenvalue weighted by molar-refractivity contribution is 5.96. The normalized spacial score (nSPS) is 17.0. The van der Waals surface area contributed by atoms with Crippen molar-refractivity contribution in [3.63, 3.8) is 0 Å². The van der Waals surface area contributed by atoms with Crippen molar-refractivity contribution in [3.05, 3.63) is 69.8 Å². The average Bonchev–Trinajstić information content (AvgIpc) is 3.04. The molecule has 0 radical (unpaired) electrons. The first-order chi connectivity index (χ1) is 16.8. The summed E-state index contributed by atoms with van der Waals surface area (Å²) in [5, 5.41) is 9.26.